The van der Waals surface area contributed by atoms with E-state index in [0.717, 1.165) is 68.8 Å². The van der Waals surface area contributed by atoms with Crippen LogP contribution in [0.5, 0.6) is 5.75 Å². The van der Waals surface area contributed by atoms with Crippen molar-refractivity contribution in [2.75, 3.05) is 24.5 Å². The highest BCUT2D eigenvalue weighted by Crippen LogP contribution is 2.38. The molecule has 0 aliphatic carbocycles. The fraction of sp³-hybridized carbons (Fsp3) is 0.464. The number of allylic oxidation sites excluding steroid dienone is 1. The number of aromatic hydroxyl groups is 1. The molecule has 3 aliphatic rings. The van der Waals surface area contributed by atoms with Crippen LogP contribution in [-0.2, 0) is 12.8 Å². The predicted molar refractivity (Wildman–Crippen MR) is 143 cm³/mol. The summed E-state index contributed by atoms with van der Waals surface area (Å²) < 4.78 is 16.2. The summed E-state index contributed by atoms with van der Waals surface area (Å²) in [5, 5.41) is 14.8. The van der Waals surface area contributed by atoms with Gasteiger partial charge in [0.2, 0.25) is 0 Å². The topological polar surface area (TPSA) is 74.2 Å². The minimum Gasteiger partial charge on any atom is -0.508 e. The van der Waals surface area contributed by atoms with Gasteiger partial charge in [-0.3, -0.25) is 4.98 Å². The van der Waals surface area contributed by atoms with Gasteiger partial charge in [0.1, 0.15) is 28.6 Å². The largest absolute Gasteiger partial charge is 0.508 e. The number of aryl methyl sites for hydroxylation is 1. The number of phenols is 1. The number of anilines is 1. The molecule has 36 heavy (non-hydrogen) atoms. The molecule has 0 saturated carbocycles. The Hall–Kier alpha value is -2.93. The van der Waals surface area contributed by atoms with Crippen LogP contribution < -0.4 is 10.2 Å². The molecular weight excluding hydrogens is 477 g/mol. The van der Waals surface area contributed by atoms with Crippen LogP contribution in [0.2, 0.25) is 5.02 Å². The Kier molecular flexibility index (Phi) is 7.28. The number of aromatic nitrogens is 3. The number of halogens is 2. The summed E-state index contributed by atoms with van der Waals surface area (Å²) in [6.07, 6.45) is 8.90. The fourth-order valence-electron chi connectivity index (χ4n) is 5.44. The van der Waals surface area contributed by atoms with Gasteiger partial charge < -0.3 is 15.3 Å². The standard InChI is InChI=1S/C28H33ClFN5O/c1-3-24-33-27-22-15-32-26(25(27)30)21-13-19(36)14-23(29)20(21)9-5-4-7-17(2)31-11-10-18-8-6-12-35(16-18)28(22)34-24/h13-15,18,31,36H,2-12,16H2,1H3. The van der Waals surface area contributed by atoms with Crippen molar-refractivity contribution in [3.63, 3.8) is 0 Å². The van der Waals surface area contributed by atoms with Crippen molar-refractivity contribution in [1.82, 2.24) is 20.3 Å². The van der Waals surface area contributed by atoms with Crippen LogP contribution in [0.4, 0.5) is 10.2 Å². The molecule has 6 nitrogen and oxygen atoms in total. The van der Waals surface area contributed by atoms with Crippen molar-refractivity contribution in [3.8, 4) is 17.0 Å². The van der Waals surface area contributed by atoms with Crippen molar-refractivity contribution in [3.05, 3.63) is 52.8 Å². The molecule has 0 spiro atoms. The third kappa shape index (κ3) is 4.99. The lowest BCUT2D eigenvalue weighted by Gasteiger charge is -2.34. The average Bonchev–Trinajstić information content (AvgIpc) is 2.87. The van der Waals surface area contributed by atoms with E-state index < -0.39 is 5.82 Å². The van der Waals surface area contributed by atoms with Gasteiger partial charge in [-0.1, -0.05) is 25.1 Å². The highest BCUT2D eigenvalue weighted by molar-refractivity contribution is 6.32. The van der Waals surface area contributed by atoms with Gasteiger partial charge in [-0.2, -0.15) is 0 Å². The van der Waals surface area contributed by atoms with Crippen molar-refractivity contribution in [2.45, 2.75) is 58.3 Å². The molecule has 190 valence electrons. The average molecular weight is 510 g/mol. The lowest BCUT2D eigenvalue weighted by Crippen LogP contribution is -2.37. The summed E-state index contributed by atoms with van der Waals surface area (Å²) in [5.74, 6) is 1.38. The number of nitrogens with one attached hydrogen (secondary N) is 1. The first-order chi connectivity index (χ1) is 17.4. The van der Waals surface area contributed by atoms with Crippen LogP contribution in [-0.4, -0.2) is 39.7 Å². The van der Waals surface area contributed by atoms with E-state index in [1.165, 1.54) is 12.5 Å². The molecule has 3 aromatic rings. The highest BCUT2D eigenvalue weighted by atomic mass is 35.5. The lowest BCUT2D eigenvalue weighted by atomic mass is 9.94. The maximum atomic E-state index is 16.2. The molecule has 8 heteroatoms. The third-order valence-electron chi connectivity index (χ3n) is 7.36. The van der Waals surface area contributed by atoms with Gasteiger partial charge >= 0.3 is 0 Å². The van der Waals surface area contributed by atoms with Crippen molar-refractivity contribution in [1.29, 1.82) is 0 Å². The Bertz CT molecular complexity index is 1300. The molecule has 0 amide bonds. The molecule has 1 atom stereocenters. The second-order valence-electron chi connectivity index (χ2n) is 9.93. The Morgan fingerprint density at radius 3 is 2.86 bits per heavy atom. The van der Waals surface area contributed by atoms with Gasteiger partial charge in [-0.05, 0) is 68.6 Å². The van der Waals surface area contributed by atoms with E-state index in [1.807, 2.05) is 6.92 Å². The van der Waals surface area contributed by atoms with Crippen molar-refractivity contribution >= 4 is 28.3 Å². The first-order valence-corrected chi connectivity index (χ1v) is 13.4. The number of fused-ring (bicyclic) bond motifs is 8. The normalized spacial score (nSPS) is 19.1. The van der Waals surface area contributed by atoms with Crippen LogP contribution in [0, 0.1) is 11.7 Å². The minimum atomic E-state index is -0.499. The molecule has 1 fully saturated rings. The zero-order valence-electron chi connectivity index (χ0n) is 20.8. The van der Waals surface area contributed by atoms with Gasteiger partial charge in [0.25, 0.3) is 0 Å². The van der Waals surface area contributed by atoms with E-state index >= 15 is 4.39 Å². The molecule has 1 unspecified atom stereocenters. The van der Waals surface area contributed by atoms with Crippen LogP contribution in [0.3, 0.4) is 0 Å². The predicted octanol–water partition coefficient (Wildman–Crippen LogP) is 6.19. The number of hydrogen-bond donors (Lipinski definition) is 2. The number of benzene rings is 1. The zero-order valence-corrected chi connectivity index (χ0v) is 21.5. The van der Waals surface area contributed by atoms with Gasteiger partial charge in [-0.25, -0.2) is 14.4 Å². The quantitative estimate of drug-likeness (QED) is 0.407. The van der Waals surface area contributed by atoms with Gasteiger partial charge in [0.05, 0.1) is 5.39 Å². The first-order valence-electron chi connectivity index (χ1n) is 13.0. The van der Waals surface area contributed by atoms with E-state index in [0.29, 0.717) is 40.6 Å². The maximum absolute atomic E-state index is 16.2. The van der Waals surface area contributed by atoms with E-state index in [9.17, 15) is 5.11 Å². The number of rotatable bonds is 1. The summed E-state index contributed by atoms with van der Waals surface area (Å²) in [4.78, 5) is 16.3. The molecule has 1 aromatic carbocycles. The molecule has 2 N–H and O–H groups in total. The van der Waals surface area contributed by atoms with Crippen LogP contribution in [0.1, 0.15) is 56.8 Å². The van der Waals surface area contributed by atoms with Crippen LogP contribution >= 0.6 is 11.6 Å². The Labute approximate surface area is 216 Å². The fourth-order valence-corrected chi connectivity index (χ4v) is 5.74. The monoisotopic (exact) mass is 509 g/mol. The molecule has 1 saturated heterocycles. The second kappa shape index (κ2) is 10.6. The molecule has 6 rings (SSSR count). The Morgan fingerprint density at radius 1 is 1.19 bits per heavy atom. The zero-order chi connectivity index (χ0) is 25.2. The van der Waals surface area contributed by atoms with Crippen molar-refractivity contribution in [2.24, 2.45) is 5.92 Å². The van der Waals surface area contributed by atoms with Crippen LogP contribution in [0.15, 0.2) is 30.6 Å². The summed E-state index contributed by atoms with van der Waals surface area (Å²) in [7, 11) is 0. The molecule has 3 aliphatic heterocycles. The smallest absolute Gasteiger partial charge is 0.175 e. The van der Waals surface area contributed by atoms with E-state index in [1.54, 1.807) is 12.3 Å². The molecule has 2 aromatic heterocycles. The second-order valence-corrected chi connectivity index (χ2v) is 10.3. The van der Waals surface area contributed by atoms with Crippen LogP contribution in [0.25, 0.3) is 22.2 Å². The van der Waals surface area contributed by atoms with Gasteiger partial charge in [0, 0.05) is 48.5 Å². The van der Waals surface area contributed by atoms with Gasteiger partial charge in [0.15, 0.2) is 5.82 Å². The maximum Gasteiger partial charge on any atom is 0.175 e. The third-order valence-corrected chi connectivity index (χ3v) is 7.70. The SMILES string of the molecule is C=C1CCCCc2c(Cl)cc(O)cc2-c2ncc3c(nc(CC)nc3c2F)N2CCCC(CCN1)C2. The summed E-state index contributed by atoms with van der Waals surface area (Å²) in [5.41, 5.74) is 2.77. The molecule has 0 radical (unpaired) electrons. The summed E-state index contributed by atoms with van der Waals surface area (Å²) in [6, 6.07) is 3.06. The first kappa shape index (κ1) is 24.8. The molecule has 6 bridgehead atoms. The van der Waals surface area contributed by atoms with E-state index in [-0.39, 0.29) is 17.0 Å². The number of phenolic OH excluding ortho intramolecular Hbond substituents is 1. The number of piperidine rings is 1. The summed E-state index contributed by atoms with van der Waals surface area (Å²) in [6.45, 7) is 8.83. The Balaban J connectivity index is 1.68. The molecular formula is C28H33ClFN5O. The van der Waals surface area contributed by atoms with Crippen molar-refractivity contribution < 1.29 is 9.50 Å². The molecule has 5 heterocycles. The van der Waals surface area contributed by atoms with E-state index in [2.05, 4.69) is 26.8 Å². The van der Waals surface area contributed by atoms with Gasteiger partial charge in [-0.15, -0.1) is 0 Å². The highest BCUT2D eigenvalue weighted by Gasteiger charge is 2.26. The number of nitrogens with zero attached hydrogens (tertiary/aromatic N) is 4. The number of hydrogen-bond acceptors (Lipinski definition) is 6. The minimum absolute atomic E-state index is 0.0169. The Morgan fingerprint density at radius 2 is 2.03 bits per heavy atom. The lowest BCUT2D eigenvalue weighted by molar-refractivity contribution is 0.386. The summed E-state index contributed by atoms with van der Waals surface area (Å²) >= 11 is 6.55. The van der Waals surface area contributed by atoms with E-state index in [4.69, 9.17) is 16.6 Å². The number of pyridine rings is 1.